The van der Waals surface area contributed by atoms with Crippen LogP contribution in [0.4, 0.5) is 10.1 Å². The summed E-state index contributed by atoms with van der Waals surface area (Å²) in [6.07, 6.45) is 0. The fourth-order valence-corrected chi connectivity index (χ4v) is 4.56. The van der Waals surface area contributed by atoms with Crippen molar-refractivity contribution in [2.45, 2.75) is 33.4 Å². The Morgan fingerprint density at radius 2 is 1.88 bits per heavy atom. The van der Waals surface area contributed by atoms with Crippen molar-refractivity contribution in [3.8, 4) is 11.4 Å². The molecule has 0 radical (unpaired) electrons. The summed E-state index contributed by atoms with van der Waals surface area (Å²) in [5.74, 6) is 0.0724. The van der Waals surface area contributed by atoms with E-state index in [1.165, 1.54) is 12.1 Å². The zero-order valence-electron chi connectivity index (χ0n) is 19.8. The number of benzene rings is 2. The minimum absolute atomic E-state index is 0.0166. The summed E-state index contributed by atoms with van der Waals surface area (Å²) in [5, 5.41) is 10.1. The van der Waals surface area contributed by atoms with Gasteiger partial charge in [0.1, 0.15) is 12.4 Å². The molecule has 4 rings (SSSR count). The molecule has 0 bridgehead atoms. The van der Waals surface area contributed by atoms with Crippen molar-refractivity contribution in [2.75, 3.05) is 37.6 Å². The van der Waals surface area contributed by atoms with Crippen LogP contribution in [0.2, 0.25) is 0 Å². The third-order valence-corrected chi connectivity index (χ3v) is 6.68. The Morgan fingerprint density at radius 3 is 2.56 bits per heavy atom. The van der Waals surface area contributed by atoms with E-state index in [2.05, 4.69) is 32.2 Å². The highest BCUT2D eigenvalue weighted by atomic mass is 32.1. The van der Waals surface area contributed by atoms with Gasteiger partial charge in [-0.3, -0.25) is 14.5 Å². The van der Waals surface area contributed by atoms with E-state index in [0.717, 1.165) is 55.1 Å². The summed E-state index contributed by atoms with van der Waals surface area (Å²) >= 11 is 5.37. The van der Waals surface area contributed by atoms with Crippen LogP contribution >= 0.6 is 12.2 Å². The molecule has 0 aliphatic carbocycles. The molecule has 1 aromatic heterocycles. The SMILES string of the molecule is CCN1CCN(c2ccc(F)cc2C(C)NC(=O)Cn2c(-c3ccc(C)cc3)n[nH]c2=S)CC1. The lowest BCUT2D eigenvalue weighted by Crippen LogP contribution is -2.46. The lowest BCUT2D eigenvalue weighted by molar-refractivity contribution is -0.122. The highest BCUT2D eigenvalue weighted by molar-refractivity contribution is 7.71. The number of piperazine rings is 1. The van der Waals surface area contributed by atoms with Crippen LogP contribution in [0.1, 0.15) is 31.0 Å². The summed E-state index contributed by atoms with van der Waals surface area (Å²) in [6.45, 7) is 10.8. The predicted molar refractivity (Wildman–Crippen MR) is 135 cm³/mol. The second-order valence-electron chi connectivity index (χ2n) is 8.72. The Labute approximate surface area is 204 Å². The minimum atomic E-state index is -0.369. The number of hydrogen-bond donors (Lipinski definition) is 2. The third-order valence-electron chi connectivity index (χ3n) is 6.36. The van der Waals surface area contributed by atoms with Crippen LogP contribution in [0.5, 0.6) is 0 Å². The minimum Gasteiger partial charge on any atom is -0.369 e. The second-order valence-corrected chi connectivity index (χ2v) is 9.10. The van der Waals surface area contributed by atoms with Crippen LogP contribution in [0.15, 0.2) is 42.5 Å². The number of likely N-dealkylation sites (N-methyl/N-ethyl adjacent to an activating group) is 1. The number of amides is 1. The van der Waals surface area contributed by atoms with Crippen molar-refractivity contribution in [3.63, 3.8) is 0 Å². The molecule has 7 nitrogen and oxygen atoms in total. The number of carbonyl (C=O) groups is 1. The largest absolute Gasteiger partial charge is 0.369 e. The number of rotatable bonds is 7. The highest BCUT2D eigenvalue weighted by Crippen LogP contribution is 2.28. The molecule has 2 aromatic carbocycles. The highest BCUT2D eigenvalue weighted by Gasteiger charge is 2.22. The normalized spacial score (nSPS) is 15.4. The Bertz CT molecular complexity index is 1200. The quantitative estimate of drug-likeness (QED) is 0.497. The zero-order valence-corrected chi connectivity index (χ0v) is 20.7. The van der Waals surface area contributed by atoms with Crippen molar-refractivity contribution in [3.05, 3.63) is 64.2 Å². The molecule has 1 aliphatic heterocycles. The number of nitrogens with one attached hydrogen (secondary N) is 2. The van der Waals surface area contributed by atoms with Crippen LogP contribution in [0.3, 0.4) is 0 Å². The van der Waals surface area contributed by atoms with Crippen LogP contribution in [0.25, 0.3) is 11.4 Å². The first kappa shape index (κ1) is 24.1. The molecule has 3 aromatic rings. The molecule has 2 heterocycles. The summed E-state index contributed by atoms with van der Waals surface area (Å²) in [7, 11) is 0. The Morgan fingerprint density at radius 1 is 1.18 bits per heavy atom. The number of hydrogen-bond acceptors (Lipinski definition) is 5. The predicted octanol–water partition coefficient (Wildman–Crippen LogP) is 4.07. The summed E-state index contributed by atoms with van der Waals surface area (Å²) in [4.78, 5) is 17.7. The monoisotopic (exact) mass is 482 g/mol. The molecule has 2 N–H and O–H groups in total. The number of nitrogens with zero attached hydrogens (tertiary/aromatic N) is 4. The molecule has 180 valence electrons. The van der Waals surface area contributed by atoms with Gasteiger partial charge in [-0.25, -0.2) is 4.39 Å². The molecule has 34 heavy (non-hydrogen) atoms. The van der Waals surface area contributed by atoms with Crippen molar-refractivity contribution in [1.29, 1.82) is 0 Å². The number of H-pyrrole nitrogens is 1. The van der Waals surface area contributed by atoms with Gasteiger partial charge in [-0.15, -0.1) is 0 Å². The Balaban J connectivity index is 1.50. The molecule has 0 spiro atoms. The van der Waals surface area contributed by atoms with Gasteiger partial charge in [-0.2, -0.15) is 5.10 Å². The molecule has 9 heteroatoms. The molecular formula is C25H31FN6OS. The summed E-state index contributed by atoms with van der Waals surface area (Å²) in [5.41, 5.74) is 3.74. The number of aryl methyl sites for hydroxylation is 1. The lowest BCUT2D eigenvalue weighted by atomic mass is 10.0. The standard InChI is InChI=1S/C25H31FN6OS/c1-4-30-11-13-31(14-12-30)22-10-9-20(26)15-21(22)18(3)27-23(33)16-32-24(28-29-25(32)34)19-7-5-17(2)6-8-19/h5-10,15,18H,4,11-14,16H2,1-3H3,(H,27,33)(H,29,34). The van der Waals surface area contributed by atoms with Gasteiger partial charge in [0.25, 0.3) is 0 Å². The summed E-state index contributed by atoms with van der Waals surface area (Å²) in [6, 6.07) is 12.3. The smallest absolute Gasteiger partial charge is 0.240 e. The first-order chi connectivity index (χ1) is 16.4. The van der Waals surface area contributed by atoms with Gasteiger partial charge in [0.05, 0.1) is 6.04 Å². The van der Waals surface area contributed by atoms with Crippen molar-refractivity contribution in [2.24, 2.45) is 0 Å². The van der Waals surface area contributed by atoms with Gasteiger partial charge in [0.2, 0.25) is 5.91 Å². The molecule has 1 atom stereocenters. The van der Waals surface area contributed by atoms with E-state index in [4.69, 9.17) is 12.2 Å². The van der Waals surface area contributed by atoms with E-state index in [1.54, 1.807) is 4.57 Å². The van der Waals surface area contributed by atoms with E-state index in [-0.39, 0.29) is 24.3 Å². The average molecular weight is 483 g/mol. The van der Waals surface area contributed by atoms with E-state index < -0.39 is 0 Å². The van der Waals surface area contributed by atoms with Gasteiger partial charge in [0, 0.05) is 43.0 Å². The second kappa shape index (κ2) is 10.5. The molecule has 1 saturated heterocycles. The van der Waals surface area contributed by atoms with Gasteiger partial charge in [0.15, 0.2) is 10.6 Å². The topological polar surface area (TPSA) is 69.2 Å². The fourth-order valence-electron chi connectivity index (χ4n) is 4.36. The number of halogens is 1. The van der Waals surface area contributed by atoms with Gasteiger partial charge in [-0.05, 0) is 50.8 Å². The van der Waals surface area contributed by atoms with Crippen molar-refractivity contribution >= 4 is 23.8 Å². The van der Waals surface area contributed by atoms with Crippen molar-refractivity contribution in [1.82, 2.24) is 25.0 Å². The molecule has 0 saturated carbocycles. The van der Waals surface area contributed by atoms with Crippen LogP contribution in [0, 0.1) is 17.5 Å². The number of aromatic amines is 1. The fraction of sp³-hybridized carbons (Fsp3) is 0.400. The Hall–Kier alpha value is -3.04. The van der Waals surface area contributed by atoms with E-state index in [9.17, 15) is 9.18 Å². The van der Waals surface area contributed by atoms with Crippen LogP contribution in [-0.2, 0) is 11.3 Å². The molecule has 1 aliphatic rings. The van der Waals surface area contributed by atoms with E-state index in [0.29, 0.717) is 10.6 Å². The third kappa shape index (κ3) is 5.37. The maximum atomic E-state index is 14.2. The average Bonchev–Trinajstić information content (AvgIpc) is 3.19. The Kier molecular flexibility index (Phi) is 7.43. The first-order valence-corrected chi connectivity index (χ1v) is 12.0. The van der Waals surface area contributed by atoms with Gasteiger partial charge in [-0.1, -0.05) is 36.8 Å². The van der Waals surface area contributed by atoms with Crippen LogP contribution < -0.4 is 10.2 Å². The molecule has 1 amide bonds. The molecule has 1 fully saturated rings. The number of anilines is 1. The van der Waals surface area contributed by atoms with Crippen molar-refractivity contribution < 1.29 is 9.18 Å². The van der Waals surface area contributed by atoms with Crippen LogP contribution in [-0.4, -0.2) is 58.3 Å². The lowest BCUT2D eigenvalue weighted by Gasteiger charge is -2.37. The zero-order chi connectivity index (χ0) is 24.2. The maximum Gasteiger partial charge on any atom is 0.240 e. The maximum absolute atomic E-state index is 14.2. The number of carbonyl (C=O) groups excluding carboxylic acids is 1. The van der Waals surface area contributed by atoms with E-state index in [1.807, 2.05) is 44.2 Å². The molecule has 1 unspecified atom stereocenters. The van der Waals surface area contributed by atoms with E-state index >= 15 is 0 Å². The van der Waals surface area contributed by atoms with Gasteiger partial charge >= 0.3 is 0 Å². The van der Waals surface area contributed by atoms with Gasteiger partial charge < -0.3 is 15.1 Å². The first-order valence-electron chi connectivity index (χ1n) is 11.6. The summed E-state index contributed by atoms with van der Waals surface area (Å²) < 4.78 is 16.2. The number of aromatic nitrogens is 3. The molecular weight excluding hydrogens is 451 g/mol.